The summed E-state index contributed by atoms with van der Waals surface area (Å²) in [6.07, 6.45) is 1.56. The number of hydrogen-bond donors (Lipinski definition) is 1. The zero-order valence-corrected chi connectivity index (χ0v) is 14.6. The van der Waals surface area contributed by atoms with Crippen LogP contribution in [0.4, 0.5) is 0 Å². The topological polar surface area (TPSA) is 64.6 Å². The predicted molar refractivity (Wildman–Crippen MR) is 91.4 cm³/mol. The van der Waals surface area contributed by atoms with Crippen molar-refractivity contribution in [2.24, 2.45) is 0 Å². The second-order valence-corrected chi connectivity index (χ2v) is 5.59. The minimum Gasteiger partial charge on any atom is -0.463 e. The molecule has 1 aromatic carbocycles. The molecular formula is C18H20ClNO4. The Morgan fingerprint density at radius 2 is 1.75 bits per heavy atom. The van der Waals surface area contributed by atoms with E-state index in [0.29, 0.717) is 27.4 Å². The number of ether oxygens (including phenoxy) is 2. The maximum Gasteiger partial charge on any atom is 0.336 e. The van der Waals surface area contributed by atoms with E-state index >= 15 is 0 Å². The van der Waals surface area contributed by atoms with Crippen LogP contribution in [0.25, 0.3) is 0 Å². The van der Waals surface area contributed by atoms with Crippen LogP contribution in [0.5, 0.6) is 0 Å². The third-order valence-electron chi connectivity index (χ3n) is 3.67. The Hall–Kier alpha value is -2.27. The number of carbonyl (C=O) groups excluding carboxylic acids is 2. The summed E-state index contributed by atoms with van der Waals surface area (Å²) in [5.74, 6) is -1.62. The van der Waals surface area contributed by atoms with E-state index in [0.717, 1.165) is 0 Å². The first kappa shape index (κ1) is 18.1. The second-order valence-electron chi connectivity index (χ2n) is 5.18. The Labute approximate surface area is 146 Å². The average Bonchev–Trinajstić information content (AvgIpc) is 2.55. The number of allylic oxidation sites excluding steroid dienone is 1. The first-order valence-corrected chi connectivity index (χ1v) is 8.15. The van der Waals surface area contributed by atoms with Gasteiger partial charge in [-0.1, -0.05) is 29.8 Å². The molecule has 0 fully saturated rings. The molecule has 1 aliphatic heterocycles. The van der Waals surface area contributed by atoms with E-state index in [1.807, 2.05) is 6.07 Å². The van der Waals surface area contributed by atoms with Gasteiger partial charge in [-0.05, 0) is 32.4 Å². The lowest BCUT2D eigenvalue weighted by Gasteiger charge is -2.28. The molecule has 1 aliphatic rings. The molecule has 5 nitrogen and oxygen atoms in total. The highest BCUT2D eigenvalue weighted by molar-refractivity contribution is 6.31. The van der Waals surface area contributed by atoms with Gasteiger partial charge in [0.1, 0.15) is 0 Å². The summed E-state index contributed by atoms with van der Waals surface area (Å²) in [6.45, 7) is 5.70. The van der Waals surface area contributed by atoms with Crippen LogP contribution in [0.2, 0.25) is 5.02 Å². The fourth-order valence-corrected chi connectivity index (χ4v) is 2.87. The van der Waals surface area contributed by atoms with Crippen LogP contribution < -0.4 is 5.32 Å². The summed E-state index contributed by atoms with van der Waals surface area (Å²) in [6, 6.07) is 7.11. The van der Waals surface area contributed by atoms with Gasteiger partial charge in [-0.3, -0.25) is 0 Å². The molecule has 1 atom stereocenters. The minimum absolute atomic E-state index is 0.239. The molecule has 0 aromatic heterocycles. The molecule has 0 spiro atoms. The van der Waals surface area contributed by atoms with Gasteiger partial charge in [-0.2, -0.15) is 0 Å². The maximum absolute atomic E-state index is 12.5. The van der Waals surface area contributed by atoms with Crippen molar-refractivity contribution < 1.29 is 19.1 Å². The SMILES string of the molecule is CCOC(=O)C1=CNC(C)=C(C(=O)OCC)C1c1ccccc1Cl. The third kappa shape index (κ3) is 3.62. The highest BCUT2D eigenvalue weighted by Crippen LogP contribution is 2.39. The van der Waals surface area contributed by atoms with Crippen molar-refractivity contribution in [3.8, 4) is 0 Å². The lowest BCUT2D eigenvalue weighted by atomic mass is 9.82. The smallest absolute Gasteiger partial charge is 0.336 e. The van der Waals surface area contributed by atoms with Crippen LogP contribution in [0.1, 0.15) is 32.3 Å². The number of rotatable bonds is 5. The number of halogens is 1. The minimum atomic E-state index is -0.641. The number of esters is 2. The standard InChI is InChI=1S/C18H20ClNO4/c1-4-23-17(21)13-10-20-11(3)15(18(22)24-5-2)16(13)12-8-6-7-9-14(12)19/h6-10,16,20H,4-5H2,1-3H3. The zero-order chi connectivity index (χ0) is 17.7. The van der Waals surface area contributed by atoms with Crippen LogP contribution in [0.15, 0.2) is 47.3 Å². The fraction of sp³-hybridized carbons (Fsp3) is 0.333. The van der Waals surface area contributed by atoms with E-state index in [1.165, 1.54) is 0 Å². The molecule has 6 heteroatoms. The molecule has 1 N–H and O–H groups in total. The summed E-state index contributed by atoms with van der Waals surface area (Å²) in [4.78, 5) is 24.9. The summed E-state index contributed by atoms with van der Waals surface area (Å²) in [7, 11) is 0. The first-order valence-electron chi connectivity index (χ1n) is 7.77. The molecule has 0 amide bonds. The predicted octanol–water partition coefficient (Wildman–Crippen LogP) is 3.31. The molecule has 0 bridgehead atoms. The van der Waals surface area contributed by atoms with Gasteiger partial charge >= 0.3 is 11.9 Å². The van der Waals surface area contributed by atoms with E-state index in [4.69, 9.17) is 21.1 Å². The molecule has 2 rings (SSSR count). The van der Waals surface area contributed by atoms with E-state index in [2.05, 4.69) is 5.32 Å². The van der Waals surface area contributed by atoms with E-state index in [9.17, 15) is 9.59 Å². The quantitative estimate of drug-likeness (QED) is 0.826. The fourth-order valence-electron chi connectivity index (χ4n) is 2.62. The number of nitrogens with one attached hydrogen (secondary N) is 1. The van der Waals surface area contributed by atoms with Crippen molar-refractivity contribution in [1.29, 1.82) is 0 Å². The molecule has 128 valence electrons. The molecule has 0 aliphatic carbocycles. The number of hydrogen-bond acceptors (Lipinski definition) is 5. The number of benzene rings is 1. The molecule has 1 heterocycles. The molecule has 1 unspecified atom stereocenters. The molecule has 0 saturated heterocycles. The molecule has 24 heavy (non-hydrogen) atoms. The van der Waals surface area contributed by atoms with Gasteiger partial charge in [0.2, 0.25) is 0 Å². The highest BCUT2D eigenvalue weighted by Gasteiger charge is 2.36. The molecule has 0 saturated carbocycles. The van der Waals surface area contributed by atoms with E-state index in [1.54, 1.807) is 45.2 Å². The Kier molecular flexibility index (Phi) is 6.04. The largest absolute Gasteiger partial charge is 0.463 e. The van der Waals surface area contributed by atoms with Gasteiger partial charge in [0.05, 0.1) is 30.3 Å². The summed E-state index contributed by atoms with van der Waals surface area (Å²) in [5.41, 5.74) is 1.95. The van der Waals surface area contributed by atoms with Crippen LogP contribution in [0.3, 0.4) is 0 Å². The van der Waals surface area contributed by atoms with Gasteiger partial charge < -0.3 is 14.8 Å². The van der Waals surface area contributed by atoms with Crippen molar-refractivity contribution in [3.05, 3.63) is 57.9 Å². The van der Waals surface area contributed by atoms with Gasteiger partial charge in [0.15, 0.2) is 0 Å². The molecule has 1 aromatic rings. The van der Waals surface area contributed by atoms with Crippen molar-refractivity contribution in [3.63, 3.8) is 0 Å². The van der Waals surface area contributed by atoms with Crippen molar-refractivity contribution in [1.82, 2.24) is 5.32 Å². The molecular weight excluding hydrogens is 330 g/mol. The monoisotopic (exact) mass is 349 g/mol. The number of dihydropyridines is 1. The normalized spacial score (nSPS) is 17.0. The Morgan fingerprint density at radius 1 is 1.12 bits per heavy atom. The van der Waals surface area contributed by atoms with Crippen molar-refractivity contribution in [2.45, 2.75) is 26.7 Å². The van der Waals surface area contributed by atoms with Gasteiger partial charge in [0, 0.05) is 16.9 Å². The average molecular weight is 350 g/mol. The maximum atomic E-state index is 12.5. The zero-order valence-electron chi connectivity index (χ0n) is 13.9. The van der Waals surface area contributed by atoms with E-state index in [-0.39, 0.29) is 13.2 Å². The summed E-state index contributed by atoms with van der Waals surface area (Å²) in [5, 5.41) is 3.42. The van der Waals surface area contributed by atoms with Gasteiger partial charge in [-0.25, -0.2) is 9.59 Å². The summed E-state index contributed by atoms with van der Waals surface area (Å²) < 4.78 is 10.3. The lowest BCUT2D eigenvalue weighted by Crippen LogP contribution is -2.30. The van der Waals surface area contributed by atoms with Crippen LogP contribution in [0, 0.1) is 0 Å². The van der Waals surface area contributed by atoms with E-state index < -0.39 is 17.9 Å². The highest BCUT2D eigenvalue weighted by atomic mass is 35.5. The third-order valence-corrected chi connectivity index (χ3v) is 4.01. The van der Waals surface area contributed by atoms with Crippen molar-refractivity contribution >= 4 is 23.5 Å². The second kappa shape index (κ2) is 8.02. The Morgan fingerprint density at radius 3 is 2.38 bits per heavy atom. The van der Waals surface area contributed by atoms with Gasteiger partial charge in [0.25, 0.3) is 0 Å². The lowest BCUT2D eigenvalue weighted by molar-refractivity contribution is -0.139. The number of carbonyl (C=O) groups is 2. The van der Waals surface area contributed by atoms with Crippen molar-refractivity contribution in [2.75, 3.05) is 13.2 Å². The first-order chi connectivity index (χ1) is 11.5. The van der Waals surface area contributed by atoms with Crippen LogP contribution in [-0.4, -0.2) is 25.2 Å². The Balaban J connectivity index is 2.57. The van der Waals surface area contributed by atoms with Crippen LogP contribution in [-0.2, 0) is 19.1 Å². The van der Waals surface area contributed by atoms with Gasteiger partial charge in [-0.15, -0.1) is 0 Å². The van der Waals surface area contributed by atoms with Crippen LogP contribution >= 0.6 is 11.6 Å². The Bertz CT molecular complexity index is 709. The molecule has 0 radical (unpaired) electrons. The summed E-state index contributed by atoms with van der Waals surface area (Å²) >= 11 is 6.32.